The minimum absolute atomic E-state index is 0.133. The first-order valence-electron chi connectivity index (χ1n) is 9.22. The Morgan fingerprint density at radius 1 is 1.20 bits per heavy atom. The van der Waals surface area contributed by atoms with Crippen molar-refractivity contribution in [3.05, 3.63) is 23.8 Å². The smallest absolute Gasteiger partial charge is 0.234 e. The van der Waals surface area contributed by atoms with Gasteiger partial charge < -0.3 is 14.8 Å². The summed E-state index contributed by atoms with van der Waals surface area (Å²) in [7, 11) is 5.27. The molecular formula is C20H32N2O3. The fraction of sp³-hybridized carbons (Fsp3) is 0.650. The van der Waals surface area contributed by atoms with Crippen LogP contribution >= 0.6 is 0 Å². The van der Waals surface area contributed by atoms with Gasteiger partial charge >= 0.3 is 0 Å². The van der Waals surface area contributed by atoms with Gasteiger partial charge in [-0.25, -0.2) is 0 Å². The highest BCUT2D eigenvalue weighted by atomic mass is 16.5. The van der Waals surface area contributed by atoms with Crippen LogP contribution in [0.3, 0.4) is 0 Å². The fourth-order valence-electron chi connectivity index (χ4n) is 3.46. The first kappa shape index (κ1) is 19.6. The third kappa shape index (κ3) is 5.92. The Morgan fingerprint density at radius 3 is 2.60 bits per heavy atom. The Balaban J connectivity index is 1.78. The van der Waals surface area contributed by atoms with Gasteiger partial charge in [0.2, 0.25) is 5.91 Å². The lowest BCUT2D eigenvalue weighted by atomic mass is 9.86. The Bertz CT molecular complexity index is 562. The predicted molar refractivity (Wildman–Crippen MR) is 100 cm³/mol. The number of hydrogen-bond donors (Lipinski definition) is 1. The number of ether oxygens (including phenoxy) is 2. The predicted octanol–water partition coefficient (Wildman–Crippen LogP) is 2.87. The van der Waals surface area contributed by atoms with Gasteiger partial charge in [0.05, 0.1) is 20.8 Å². The summed E-state index contributed by atoms with van der Waals surface area (Å²) < 4.78 is 10.6. The van der Waals surface area contributed by atoms with E-state index in [4.69, 9.17) is 9.47 Å². The molecule has 0 spiro atoms. The van der Waals surface area contributed by atoms with Gasteiger partial charge in [0.15, 0.2) is 11.5 Å². The summed E-state index contributed by atoms with van der Waals surface area (Å²) in [4.78, 5) is 14.3. The molecule has 0 unspecified atom stereocenters. The van der Waals surface area contributed by atoms with Crippen LogP contribution in [0.5, 0.6) is 11.5 Å². The molecule has 0 radical (unpaired) electrons. The van der Waals surface area contributed by atoms with Crippen LogP contribution in [-0.2, 0) is 11.2 Å². The molecule has 1 N–H and O–H groups in total. The van der Waals surface area contributed by atoms with Crippen LogP contribution in [0.25, 0.3) is 0 Å². The number of nitrogens with zero attached hydrogens (tertiary/aromatic N) is 1. The number of methoxy groups -OCH3 is 2. The van der Waals surface area contributed by atoms with E-state index in [1.165, 1.54) is 24.8 Å². The zero-order chi connectivity index (χ0) is 18.2. The Morgan fingerprint density at radius 2 is 1.92 bits per heavy atom. The molecule has 2 rings (SSSR count). The first-order valence-corrected chi connectivity index (χ1v) is 9.22. The topological polar surface area (TPSA) is 50.8 Å². The quantitative estimate of drug-likeness (QED) is 0.785. The zero-order valence-electron chi connectivity index (χ0n) is 16.0. The van der Waals surface area contributed by atoms with Crippen LogP contribution in [0, 0.1) is 5.92 Å². The molecule has 2 atom stereocenters. The van der Waals surface area contributed by atoms with Crippen molar-refractivity contribution in [1.29, 1.82) is 0 Å². The van der Waals surface area contributed by atoms with Crippen molar-refractivity contribution in [3.63, 3.8) is 0 Å². The standard InChI is InChI=1S/C20H32N2O3/c1-15-7-5-6-8-17(15)21-20(23)14-22(2)12-11-16-9-10-18(24-3)19(13-16)25-4/h9-10,13,15,17H,5-8,11-12,14H2,1-4H3,(H,21,23)/t15-,17+/m1/s1. The maximum absolute atomic E-state index is 12.3. The molecule has 0 heterocycles. The number of benzene rings is 1. The number of nitrogens with one attached hydrogen (secondary N) is 1. The highest BCUT2D eigenvalue weighted by molar-refractivity contribution is 5.78. The number of rotatable bonds is 8. The second-order valence-corrected chi connectivity index (χ2v) is 7.11. The zero-order valence-corrected chi connectivity index (χ0v) is 16.0. The van der Waals surface area contributed by atoms with Gasteiger partial charge in [0.1, 0.15) is 0 Å². The maximum atomic E-state index is 12.3. The molecule has 0 bridgehead atoms. The number of likely N-dealkylation sites (N-methyl/N-ethyl adjacent to an activating group) is 1. The number of amides is 1. The summed E-state index contributed by atoms with van der Waals surface area (Å²) in [6, 6.07) is 6.31. The fourth-order valence-corrected chi connectivity index (χ4v) is 3.46. The van der Waals surface area contributed by atoms with Crippen LogP contribution in [0.15, 0.2) is 18.2 Å². The van der Waals surface area contributed by atoms with E-state index in [9.17, 15) is 4.79 Å². The molecule has 1 aromatic carbocycles. The summed E-state index contributed by atoms with van der Waals surface area (Å²) >= 11 is 0. The molecule has 5 nitrogen and oxygen atoms in total. The van der Waals surface area contributed by atoms with Gasteiger partial charge in [-0.3, -0.25) is 9.69 Å². The molecule has 140 valence electrons. The number of hydrogen-bond acceptors (Lipinski definition) is 4. The summed E-state index contributed by atoms with van der Waals surface area (Å²) in [5, 5.41) is 3.21. The van der Waals surface area contributed by atoms with E-state index >= 15 is 0 Å². The van der Waals surface area contributed by atoms with Crippen LogP contribution < -0.4 is 14.8 Å². The molecule has 1 saturated carbocycles. The van der Waals surface area contributed by atoms with Gasteiger partial charge in [-0.15, -0.1) is 0 Å². The lowest BCUT2D eigenvalue weighted by Gasteiger charge is -2.30. The largest absolute Gasteiger partial charge is 0.493 e. The molecule has 1 amide bonds. The van der Waals surface area contributed by atoms with Crippen molar-refractivity contribution >= 4 is 5.91 Å². The van der Waals surface area contributed by atoms with E-state index in [0.717, 1.165) is 30.9 Å². The van der Waals surface area contributed by atoms with Crippen LogP contribution in [-0.4, -0.2) is 51.2 Å². The summed E-state index contributed by atoms with van der Waals surface area (Å²) in [6.45, 7) is 3.50. The summed E-state index contributed by atoms with van der Waals surface area (Å²) in [6.07, 6.45) is 5.72. The molecule has 1 aliphatic rings. The van der Waals surface area contributed by atoms with Crippen LogP contribution in [0.2, 0.25) is 0 Å². The molecule has 1 fully saturated rings. The highest BCUT2D eigenvalue weighted by Gasteiger charge is 2.23. The Labute approximate surface area is 151 Å². The number of carbonyl (C=O) groups is 1. The number of carbonyl (C=O) groups excluding carboxylic acids is 1. The molecule has 5 heteroatoms. The van der Waals surface area contributed by atoms with E-state index < -0.39 is 0 Å². The van der Waals surface area contributed by atoms with Gasteiger partial charge in [-0.2, -0.15) is 0 Å². The third-order valence-electron chi connectivity index (χ3n) is 5.10. The molecule has 1 aromatic rings. The van der Waals surface area contributed by atoms with E-state index in [2.05, 4.69) is 17.1 Å². The molecule has 1 aliphatic carbocycles. The monoisotopic (exact) mass is 348 g/mol. The van der Waals surface area contributed by atoms with Crippen LogP contribution in [0.4, 0.5) is 0 Å². The van der Waals surface area contributed by atoms with Gasteiger partial charge in [0, 0.05) is 12.6 Å². The molecule has 0 saturated heterocycles. The van der Waals surface area contributed by atoms with E-state index in [-0.39, 0.29) is 5.91 Å². The van der Waals surface area contributed by atoms with E-state index in [0.29, 0.717) is 18.5 Å². The SMILES string of the molecule is COc1ccc(CCN(C)CC(=O)N[C@H]2CCCC[C@H]2C)cc1OC. The second kappa shape index (κ2) is 9.66. The summed E-state index contributed by atoms with van der Waals surface area (Å²) in [5.41, 5.74) is 1.17. The van der Waals surface area contributed by atoms with Crippen molar-refractivity contribution in [3.8, 4) is 11.5 Å². The molecule has 0 aliphatic heterocycles. The van der Waals surface area contributed by atoms with Crippen molar-refractivity contribution in [1.82, 2.24) is 10.2 Å². The Kier molecular flexibility index (Phi) is 7.56. The Hall–Kier alpha value is -1.75. The van der Waals surface area contributed by atoms with Crippen molar-refractivity contribution in [2.45, 2.75) is 45.1 Å². The normalized spacial score (nSPS) is 20.4. The maximum Gasteiger partial charge on any atom is 0.234 e. The summed E-state index contributed by atoms with van der Waals surface area (Å²) in [5.74, 6) is 2.20. The molecule has 25 heavy (non-hydrogen) atoms. The van der Waals surface area contributed by atoms with Crippen molar-refractivity contribution in [2.75, 3.05) is 34.4 Å². The minimum atomic E-state index is 0.133. The lowest BCUT2D eigenvalue weighted by Crippen LogP contribution is -2.45. The lowest BCUT2D eigenvalue weighted by molar-refractivity contribution is -0.123. The van der Waals surface area contributed by atoms with E-state index in [1.54, 1.807) is 14.2 Å². The minimum Gasteiger partial charge on any atom is -0.493 e. The van der Waals surface area contributed by atoms with Crippen molar-refractivity contribution < 1.29 is 14.3 Å². The highest BCUT2D eigenvalue weighted by Crippen LogP contribution is 2.27. The average Bonchev–Trinajstić information content (AvgIpc) is 2.61. The van der Waals surface area contributed by atoms with Gasteiger partial charge in [-0.05, 0) is 49.9 Å². The van der Waals surface area contributed by atoms with E-state index in [1.807, 2.05) is 25.2 Å². The van der Waals surface area contributed by atoms with Crippen molar-refractivity contribution in [2.24, 2.45) is 5.92 Å². The first-order chi connectivity index (χ1) is 12.0. The van der Waals surface area contributed by atoms with Gasteiger partial charge in [0.25, 0.3) is 0 Å². The molecule has 0 aromatic heterocycles. The molecular weight excluding hydrogens is 316 g/mol. The van der Waals surface area contributed by atoms with Crippen LogP contribution in [0.1, 0.15) is 38.2 Å². The average molecular weight is 348 g/mol. The van der Waals surface area contributed by atoms with Gasteiger partial charge in [-0.1, -0.05) is 25.8 Å². The second-order valence-electron chi connectivity index (χ2n) is 7.11. The third-order valence-corrected chi connectivity index (χ3v) is 5.10.